The van der Waals surface area contributed by atoms with Gasteiger partial charge in [-0.3, -0.25) is 0 Å². The van der Waals surface area contributed by atoms with E-state index in [1.165, 1.54) is 13.1 Å². The van der Waals surface area contributed by atoms with E-state index in [2.05, 4.69) is 30.1 Å². The maximum Gasteiger partial charge on any atom is 0.0640 e. The van der Waals surface area contributed by atoms with E-state index in [0.29, 0.717) is 10.0 Å². The Hall–Kier alpha value is -0.280. The maximum atomic E-state index is 6.32. The summed E-state index contributed by atoms with van der Waals surface area (Å²) in [6, 6.07) is 6.12. The largest absolute Gasteiger partial charge is 0.313 e. The first-order valence-corrected chi connectivity index (χ1v) is 8.12. The monoisotopic (exact) mass is 314 g/mol. The molecule has 0 aromatic heterocycles. The van der Waals surface area contributed by atoms with Crippen molar-refractivity contribution in [2.24, 2.45) is 11.8 Å². The van der Waals surface area contributed by atoms with Crippen LogP contribution in [0.25, 0.3) is 0 Å². The number of likely N-dealkylation sites (tertiary alicyclic amines) is 1. The molecular formula is C16H24Cl2N2. The molecule has 0 aliphatic carbocycles. The lowest BCUT2D eigenvalue weighted by Gasteiger charge is -2.22. The van der Waals surface area contributed by atoms with Crippen molar-refractivity contribution in [3.05, 3.63) is 33.8 Å². The van der Waals surface area contributed by atoms with Gasteiger partial charge >= 0.3 is 0 Å². The molecule has 0 amide bonds. The van der Waals surface area contributed by atoms with Crippen molar-refractivity contribution in [1.82, 2.24) is 10.2 Å². The zero-order chi connectivity index (χ0) is 14.7. The van der Waals surface area contributed by atoms with Gasteiger partial charge in [-0.15, -0.1) is 0 Å². The number of nitrogens with one attached hydrogen (secondary N) is 1. The Labute approximate surface area is 132 Å². The van der Waals surface area contributed by atoms with E-state index in [-0.39, 0.29) is 6.04 Å². The van der Waals surface area contributed by atoms with Gasteiger partial charge in [0.25, 0.3) is 0 Å². The zero-order valence-corrected chi connectivity index (χ0v) is 14.0. The number of benzene rings is 1. The Balaban J connectivity index is 1.98. The van der Waals surface area contributed by atoms with Crippen LogP contribution < -0.4 is 5.32 Å². The van der Waals surface area contributed by atoms with Crippen molar-refractivity contribution in [2.45, 2.75) is 26.3 Å². The number of hydrogen-bond acceptors (Lipinski definition) is 2. The van der Waals surface area contributed by atoms with Crippen LogP contribution in [0.4, 0.5) is 0 Å². The second-order valence-corrected chi connectivity index (χ2v) is 6.77. The molecule has 1 aliphatic heterocycles. The molecule has 0 saturated carbocycles. The molecule has 1 fully saturated rings. The second kappa shape index (κ2) is 7.13. The molecule has 1 heterocycles. The molecule has 1 aromatic carbocycles. The van der Waals surface area contributed by atoms with Crippen molar-refractivity contribution in [3.63, 3.8) is 0 Å². The lowest BCUT2D eigenvalue weighted by molar-refractivity contribution is 0.301. The summed E-state index contributed by atoms with van der Waals surface area (Å²) in [7, 11) is 1.98. The minimum atomic E-state index is 0.257. The third-order valence-electron chi connectivity index (χ3n) is 4.50. The first kappa shape index (κ1) is 16.1. The topological polar surface area (TPSA) is 15.3 Å². The summed E-state index contributed by atoms with van der Waals surface area (Å²) in [5.41, 5.74) is 1.10. The highest BCUT2D eigenvalue weighted by molar-refractivity contribution is 6.42. The summed E-state index contributed by atoms with van der Waals surface area (Å²) >= 11 is 12.4. The Kier molecular flexibility index (Phi) is 5.74. The van der Waals surface area contributed by atoms with E-state index < -0.39 is 0 Å². The van der Waals surface area contributed by atoms with E-state index >= 15 is 0 Å². The highest BCUT2D eigenvalue weighted by atomic mass is 35.5. The van der Waals surface area contributed by atoms with Crippen LogP contribution >= 0.6 is 23.2 Å². The van der Waals surface area contributed by atoms with Gasteiger partial charge in [-0.05, 0) is 43.5 Å². The fourth-order valence-corrected chi connectivity index (χ4v) is 3.43. The van der Waals surface area contributed by atoms with E-state index in [4.69, 9.17) is 23.2 Å². The second-order valence-electron chi connectivity index (χ2n) is 5.99. The third-order valence-corrected chi connectivity index (χ3v) is 5.34. The van der Waals surface area contributed by atoms with Crippen LogP contribution in [-0.4, -0.2) is 31.6 Å². The summed E-state index contributed by atoms with van der Waals surface area (Å²) < 4.78 is 0. The molecule has 20 heavy (non-hydrogen) atoms. The zero-order valence-electron chi connectivity index (χ0n) is 12.5. The third kappa shape index (κ3) is 3.67. The van der Waals surface area contributed by atoms with E-state index in [0.717, 1.165) is 30.4 Å². The van der Waals surface area contributed by atoms with Crippen LogP contribution in [0.15, 0.2) is 18.2 Å². The van der Waals surface area contributed by atoms with Gasteiger partial charge in [0, 0.05) is 19.1 Å². The first-order valence-electron chi connectivity index (χ1n) is 7.36. The molecule has 2 nitrogen and oxygen atoms in total. The Bertz CT molecular complexity index is 440. The molecule has 2 rings (SSSR count). The maximum absolute atomic E-state index is 6.32. The number of rotatable bonds is 5. The summed E-state index contributed by atoms with van der Waals surface area (Å²) in [6.45, 7) is 8.20. The highest BCUT2D eigenvalue weighted by Crippen LogP contribution is 2.32. The fourth-order valence-electron chi connectivity index (χ4n) is 2.99. The molecule has 0 radical (unpaired) electrons. The fraction of sp³-hybridized carbons (Fsp3) is 0.625. The van der Waals surface area contributed by atoms with Crippen LogP contribution in [0, 0.1) is 11.8 Å². The molecular weight excluding hydrogens is 291 g/mol. The van der Waals surface area contributed by atoms with Gasteiger partial charge in [0.05, 0.1) is 10.0 Å². The lowest BCUT2D eigenvalue weighted by atomic mass is 10.0. The molecule has 1 aromatic rings. The molecule has 4 heteroatoms. The van der Waals surface area contributed by atoms with Gasteiger partial charge in [0.2, 0.25) is 0 Å². The van der Waals surface area contributed by atoms with Crippen LogP contribution in [0.5, 0.6) is 0 Å². The number of nitrogens with zero attached hydrogens (tertiary/aromatic N) is 1. The minimum Gasteiger partial charge on any atom is -0.313 e. The van der Waals surface area contributed by atoms with Crippen molar-refractivity contribution >= 4 is 23.2 Å². The van der Waals surface area contributed by atoms with Gasteiger partial charge < -0.3 is 10.2 Å². The molecule has 0 spiro atoms. The first-order chi connectivity index (χ1) is 9.52. The van der Waals surface area contributed by atoms with Crippen molar-refractivity contribution < 1.29 is 0 Å². The molecule has 3 unspecified atom stereocenters. The van der Waals surface area contributed by atoms with Crippen molar-refractivity contribution in [2.75, 3.05) is 26.7 Å². The average molecular weight is 315 g/mol. The Morgan fingerprint density at radius 3 is 2.50 bits per heavy atom. The molecule has 1 saturated heterocycles. The molecule has 1 aliphatic rings. The normalized spacial score (nSPS) is 25.1. The average Bonchev–Trinajstić information content (AvgIpc) is 2.74. The quantitative estimate of drug-likeness (QED) is 0.874. The van der Waals surface area contributed by atoms with Gasteiger partial charge in [-0.2, -0.15) is 0 Å². The van der Waals surface area contributed by atoms with E-state index in [1.54, 1.807) is 0 Å². The van der Waals surface area contributed by atoms with Crippen LogP contribution in [0.3, 0.4) is 0 Å². The van der Waals surface area contributed by atoms with Crippen LogP contribution in [0.2, 0.25) is 10.0 Å². The van der Waals surface area contributed by atoms with Crippen LogP contribution in [-0.2, 0) is 0 Å². The molecule has 112 valence electrons. The van der Waals surface area contributed by atoms with Crippen LogP contribution in [0.1, 0.15) is 31.9 Å². The summed E-state index contributed by atoms with van der Waals surface area (Å²) in [5.74, 6) is 1.61. The summed E-state index contributed by atoms with van der Waals surface area (Å²) in [6.07, 6.45) is 1.05. The van der Waals surface area contributed by atoms with Gasteiger partial charge in [-0.25, -0.2) is 0 Å². The van der Waals surface area contributed by atoms with Crippen molar-refractivity contribution in [3.8, 4) is 0 Å². The van der Waals surface area contributed by atoms with Crippen molar-refractivity contribution in [1.29, 1.82) is 0 Å². The number of halogens is 2. The molecule has 3 atom stereocenters. The summed E-state index contributed by atoms with van der Waals surface area (Å²) in [5, 5.41) is 4.67. The summed E-state index contributed by atoms with van der Waals surface area (Å²) in [4.78, 5) is 2.55. The lowest BCUT2D eigenvalue weighted by Crippen LogP contribution is -2.27. The predicted octanol–water partition coefficient (Wildman–Crippen LogP) is 4.23. The van der Waals surface area contributed by atoms with Gasteiger partial charge in [-0.1, -0.05) is 49.2 Å². The predicted molar refractivity (Wildman–Crippen MR) is 87.6 cm³/mol. The Morgan fingerprint density at radius 2 is 1.90 bits per heavy atom. The smallest absolute Gasteiger partial charge is 0.0640 e. The molecule has 1 N–H and O–H groups in total. The van der Waals surface area contributed by atoms with E-state index in [1.807, 2.05) is 19.2 Å². The van der Waals surface area contributed by atoms with E-state index in [9.17, 15) is 0 Å². The van der Waals surface area contributed by atoms with Gasteiger partial charge in [0.15, 0.2) is 0 Å². The SMILES string of the molecule is CNC(CCN1CC(C)C(C)C1)c1cccc(Cl)c1Cl. The number of hydrogen-bond donors (Lipinski definition) is 1. The molecule has 0 bridgehead atoms. The Morgan fingerprint density at radius 1 is 1.25 bits per heavy atom. The highest BCUT2D eigenvalue weighted by Gasteiger charge is 2.26. The van der Waals surface area contributed by atoms with Gasteiger partial charge in [0.1, 0.15) is 0 Å². The standard InChI is InChI=1S/C16H24Cl2N2/c1-11-9-20(10-12(11)2)8-7-15(19-3)13-5-4-6-14(17)16(13)18/h4-6,11-12,15,19H,7-10H2,1-3H3. The minimum absolute atomic E-state index is 0.257.